The minimum Gasteiger partial charge on any atom is -0.378 e. The average molecular weight is 871 g/mol. The monoisotopic (exact) mass is 870 g/mol. The molecule has 4 aliphatic heterocycles. The Bertz CT molecular complexity index is 2220. The fourth-order valence-electron chi connectivity index (χ4n) is 10.2. The van der Waals surface area contributed by atoms with Gasteiger partial charge in [0.05, 0.1) is 60.3 Å². The van der Waals surface area contributed by atoms with Crippen LogP contribution in [-0.4, -0.2) is 126 Å². The number of nitrogens with zero attached hydrogens (tertiary/aromatic N) is 6. The lowest BCUT2D eigenvalue weighted by molar-refractivity contribution is -0.146. The number of hydrogen-bond acceptors (Lipinski definition) is 11. The highest BCUT2D eigenvalue weighted by molar-refractivity contribution is 8.14. The minimum absolute atomic E-state index is 0.0778. The van der Waals surface area contributed by atoms with Crippen molar-refractivity contribution in [2.45, 2.75) is 109 Å². The van der Waals surface area contributed by atoms with Crippen molar-refractivity contribution >= 4 is 51.5 Å². The molecule has 0 spiro atoms. The van der Waals surface area contributed by atoms with Crippen molar-refractivity contribution in [3.63, 3.8) is 0 Å². The molecule has 6 aliphatic rings. The Morgan fingerprint density at radius 2 is 1.97 bits per heavy atom. The number of hydrazine groups is 1. The zero-order valence-electron chi connectivity index (χ0n) is 37.0. The summed E-state index contributed by atoms with van der Waals surface area (Å²) in [5.41, 5.74) is 9.40. The molecule has 2 amide bonds. The molecule has 15 heteroatoms. The van der Waals surface area contributed by atoms with E-state index in [1.807, 2.05) is 6.20 Å². The summed E-state index contributed by atoms with van der Waals surface area (Å²) in [6.07, 6.45) is 7.73. The maximum atomic E-state index is 14.3. The fourth-order valence-corrected chi connectivity index (χ4v) is 11.3. The van der Waals surface area contributed by atoms with Crippen molar-refractivity contribution in [3.8, 4) is 11.3 Å². The number of aryl methyl sites for hydroxylation is 1. The van der Waals surface area contributed by atoms with Crippen molar-refractivity contribution in [2.24, 2.45) is 22.2 Å². The van der Waals surface area contributed by atoms with E-state index in [1.54, 1.807) is 18.9 Å². The summed E-state index contributed by atoms with van der Waals surface area (Å²) < 4.78 is 28.4. The molecule has 62 heavy (non-hydrogen) atoms. The quantitative estimate of drug-likeness (QED) is 0.232. The van der Waals surface area contributed by atoms with E-state index in [0.717, 1.165) is 89.2 Å². The highest BCUT2D eigenvalue weighted by Crippen LogP contribution is 2.44. The molecule has 13 nitrogen and oxygen atoms in total. The van der Waals surface area contributed by atoms with Gasteiger partial charge >= 0.3 is 0 Å². The van der Waals surface area contributed by atoms with Crippen LogP contribution in [-0.2, 0) is 36.8 Å². The number of halogens is 1. The number of ether oxygens (including phenoxy) is 2. The summed E-state index contributed by atoms with van der Waals surface area (Å²) in [4.78, 5) is 56.1. The molecular formula is C47H63FN8O5S. The molecule has 4 fully saturated rings. The van der Waals surface area contributed by atoms with Crippen LogP contribution in [0.5, 0.6) is 0 Å². The van der Waals surface area contributed by atoms with Gasteiger partial charge in [-0.05, 0) is 93.0 Å². The number of anilines is 1. The lowest BCUT2D eigenvalue weighted by Crippen LogP contribution is -2.66. The largest absolute Gasteiger partial charge is 0.378 e. The summed E-state index contributed by atoms with van der Waals surface area (Å²) in [6.45, 7) is 13.7. The Labute approximate surface area is 368 Å². The number of aromatic nitrogens is 2. The van der Waals surface area contributed by atoms with Crippen LogP contribution in [0.3, 0.4) is 0 Å². The highest BCUT2D eigenvalue weighted by Gasteiger charge is 2.46. The van der Waals surface area contributed by atoms with Gasteiger partial charge in [-0.15, -0.1) is 11.8 Å². The molecule has 2 N–H and O–H groups in total. The number of methoxy groups -OCH3 is 1. The Kier molecular flexibility index (Phi) is 12.3. The summed E-state index contributed by atoms with van der Waals surface area (Å²) in [7, 11) is 1.74. The maximum Gasteiger partial charge on any atom is 0.259 e. The number of amides is 2. The molecule has 9 rings (SSSR count). The van der Waals surface area contributed by atoms with Gasteiger partial charge in [-0.2, -0.15) is 0 Å². The summed E-state index contributed by atoms with van der Waals surface area (Å²) in [6, 6.07) is 8.74. The zero-order chi connectivity index (χ0) is 43.3. The fraction of sp³-hybridized carbons (Fsp3) is 0.638. The third kappa shape index (κ3) is 8.68. The Hall–Kier alpha value is -3.89. The molecule has 6 heterocycles. The lowest BCUT2D eigenvalue weighted by atomic mass is 9.84. The second-order valence-electron chi connectivity index (χ2n) is 19.3. The van der Waals surface area contributed by atoms with Crippen molar-refractivity contribution in [3.05, 3.63) is 47.3 Å². The first-order valence-corrected chi connectivity index (χ1v) is 23.8. The van der Waals surface area contributed by atoms with E-state index < -0.39 is 24.2 Å². The summed E-state index contributed by atoms with van der Waals surface area (Å²) in [5.74, 6) is -0.704. The molecule has 6 atom stereocenters. The molecule has 2 aliphatic carbocycles. The van der Waals surface area contributed by atoms with Crippen LogP contribution in [0.15, 0.2) is 35.5 Å². The number of rotatable bonds is 10. The van der Waals surface area contributed by atoms with Crippen molar-refractivity contribution in [1.82, 2.24) is 30.2 Å². The first kappa shape index (κ1) is 43.4. The predicted octanol–water partition coefficient (Wildman–Crippen LogP) is 6.05. The standard InChI is InChI=1S/C47H63FN8O5S/c1-6-55-40-11-8-30-18-35(40)37(43(55)36-20-33(24-49-42(36)29(2)60-5)54-16-14-53(15-17-54)32-9-10-32)22-46(3,4)27-61-28-47(26-57)12-7-13-56(52-47)45(59)38(21-41-50-39(30)25-62-41)51-44(58)34-19-31(34)23-48/h8,11,18,20,24,26,29,31-32,34,38-39,52H,6-7,9-10,12-17,19,21-23,25,27-28H2,1-5H3,(H,51,58)/t29-,31+,34-,38-,39?,47-/m0/s1. The Morgan fingerprint density at radius 3 is 2.68 bits per heavy atom. The molecule has 1 unspecified atom stereocenters. The number of nitrogens with one attached hydrogen (secondary N) is 2. The number of pyridine rings is 1. The van der Waals surface area contributed by atoms with E-state index in [0.29, 0.717) is 44.6 Å². The summed E-state index contributed by atoms with van der Waals surface area (Å²) >= 11 is 1.61. The number of carbonyl (C=O) groups is 3. The van der Waals surface area contributed by atoms with E-state index in [9.17, 15) is 18.8 Å². The van der Waals surface area contributed by atoms with Gasteiger partial charge in [0.15, 0.2) is 0 Å². The zero-order valence-corrected chi connectivity index (χ0v) is 37.8. The van der Waals surface area contributed by atoms with Gasteiger partial charge in [0, 0.05) is 87.0 Å². The van der Waals surface area contributed by atoms with Gasteiger partial charge < -0.3 is 29.1 Å². The number of thioether (sulfide) groups is 1. The molecule has 2 saturated carbocycles. The number of alkyl halides is 1. The minimum atomic E-state index is -1.12. The molecule has 2 saturated heterocycles. The maximum absolute atomic E-state index is 14.3. The van der Waals surface area contributed by atoms with Crippen LogP contribution in [0.25, 0.3) is 22.2 Å². The number of hydrogen-bond donors (Lipinski definition) is 2. The van der Waals surface area contributed by atoms with Crippen molar-refractivity contribution in [1.29, 1.82) is 0 Å². The van der Waals surface area contributed by atoms with Crippen LogP contribution in [0.1, 0.15) is 95.2 Å². The number of carbonyl (C=O) groups excluding carboxylic acids is 3. The first-order chi connectivity index (χ1) is 29.9. The van der Waals surface area contributed by atoms with Crippen LogP contribution in [0, 0.1) is 17.3 Å². The van der Waals surface area contributed by atoms with Gasteiger partial charge in [0.2, 0.25) is 5.91 Å². The third-order valence-electron chi connectivity index (χ3n) is 14.1. The molecule has 0 radical (unpaired) electrons. The smallest absolute Gasteiger partial charge is 0.259 e. The number of aldehydes is 1. The van der Waals surface area contributed by atoms with E-state index >= 15 is 0 Å². The van der Waals surface area contributed by atoms with Gasteiger partial charge in [0.1, 0.15) is 17.9 Å². The van der Waals surface area contributed by atoms with E-state index in [4.69, 9.17) is 19.5 Å². The van der Waals surface area contributed by atoms with Gasteiger partial charge in [-0.25, -0.2) is 5.43 Å². The lowest BCUT2D eigenvalue weighted by Gasteiger charge is -2.41. The average Bonchev–Trinajstić information content (AvgIpc) is 4.22. The molecule has 3 aromatic rings. The van der Waals surface area contributed by atoms with Crippen LogP contribution in [0.2, 0.25) is 0 Å². The topological polar surface area (TPSA) is 134 Å². The second-order valence-corrected chi connectivity index (χ2v) is 20.4. The van der Waals surface area contributed by atoms with E-state index in [1.165, 1.54) is 23.4 Å². The summed E-state index contributed by atoms with van der Waals surface area (Å²) in [5, 5.41) is 6.38. The SMILES string of the molecule is CCn1c(-c2cc(N3CCN(C4CC4)CC3)cnc2[C@H](C)OC)c2c3cc(ccc31)C1CSC(=N1)C[C@H](NC(=O)[C@H]1C[C@@H]1CF)C(=O)N1CCC[C@](C=O)(COCC(C)(C)C2)N1. The van der Waals surface area contributed by atoms with E-state index in [-0.39, 0.29) is 48.3 Å². The third-order valence-corrected chi connectivity index (χ3v) is 15.1. The number of fused-ring (bicyclic) bond motifs is 5. The second kappa shape index (κ2) is 17.6. The molecular weight excluding hydrogens is 808 g/mol. The molecule has 1 aromatic carbocycles. The number of benzene rings is 1. The van der Waals surface area contributed by atoms with Crippen LogP contribution in [0.4, 0.5) is 10.1 Å². The molecule has 334 valence electrons. The van der Waals surface area contributed by atoms with Crippen molar-refractivity contribution < 1.29 is 28.2 Å². The van der Waals surface area contributed by atoms with Gasteiger partial charge in [-0.3, -0.25) is 33.9 Å². The highest BCUT2D eigenvalue weighted by atomic mass is 32.2. The molecule has 6 bridgehead atoms. The van der Waals surface area contributed by atoms with Crippen LogP contribution >= 0.6 is 11.8 Å². The number of aliphatic imine (C=N–C) groups is 1. The van der Waals surface area contributed by atoms with E-state index in [2.05, 4.69) is 77.1 Å². The Balaban J connectivity index is 1.13. The normalized spacial score (nSPS) is 28.7. The first-order valence-electron chi connectivity index (χ1n) is 22.8. The number of piperazine rings is 1. The molecule has 2 aromatic heterocycles. The van der Waals surface area contributed by atoms with Gasteiger partial charge in [0.25, 0.3) is 5.91 Å². The van der Waals surface area contributed by atoms with Crippen LogP contribution < -0.4 is 15.6 Å². The van der Waals surface area contributed by atoms with Gasteiger partial charge in [-0.1, -0.05) is 19.9 Å². The predicted molar refractivity (Wildman–Crippen MR) is 241 cm³/mol. The Morgan fingerprint density at radius 1 is 1.16 bits per heavy atom. The van der Waals surface area contributed by atoms with Crippen molar-refractivity contribution in [2.75, 3.05) is 70.4 Å².